The van der Waals surface area contributed by atoms with Crippen molar-refractivity contribution in [1.29, 1.82) is 0 Å². The maximum Gasteiger partial charge on any atom is 0.373 e. The Kier molecular flexibility index (Phi) is 4.36. The molecule has 0 aliphatic carbocycles. The number of furan rings is 1. The van der Waals surface area contributed by atoms with E-state index in [0.717, 1.165) is 12.1 Å². The van der Waals surface area contributed by atoms with Crippen molar-refractivity contribution >= 4 is 5.97 Å². The number of hydrogen-bond donors (Lipinski definition) is 1. The zero-order valence-electron chi connectivity index (χ0n) is 11.1. The number of esters is 1. The van der Waals surface area contributed by atoms with Crippen LogP contribution >= 0.6 is 0 Å². The van der Waals surface area contributed by atoms with Crippen molar-refractivity contribution in [3.63, 3.8) is 0 Å². The molecular weight excluding hydrogens is 242 g/mol. The van der Waals surface area contributed by atoms with Gasteiger partial charge in [0.15, 0.2) is 0 Å². The summed E-state index contributed by atoms with van der Waals surface area (Å²) >= 11 is 0. The highest BCUT2D eigenvalue weighted by molar-refractivity contribution is 5.86. The summed E-state index contributed by atoms with van der Waals surface area (Å²) in [4.78, 5) is 11.4. The molecule has 1 unspecified atom stereocenters. The first-order valence-corrected chi connectivity index (χ1v) is 6.22. The van der Waals surface area contributed by atoms with Gasteiger partial charge in [0.2, 0.25) is 5.76 Å². The number of rotatable bonds is 5. The van der Waals surface area contributed by atoms with Gasteiger partial charge in [-0.1, -0.05) is 37.3 Å². The number of hydrogen-bond acceptors (Lipinski definition) is 4. The smallest absolute Gasteiger partial charge is 0.373 e. The van der Waals surface area contributed by atoms with E-state index >= 15 is 0 Å². The first-order valence-electron chi connectivity index (χ1n) is 6.22. The molecule has 2 rings (SSSR count). The molecule has 0 radical (unpaired) electrons. The molecule has 19 heavy (non-hydrogen) atoms. The summed E-state index contributed by atoms with van der Waals surface area (Å²) < 4.78 is 10.2. The van der Waals surface area contributed by atoms with Crippen molar-refractivity contribution in [3.8, 4) is 0 Å². The minimum Gasteiger partial charge on any atom is -0.463 e. The van der Waals surface area contributed by atoms with Gasteiger partial charge in [0.05, 0.1) is 13.2 Å². The van der Waals surface area contributed by atoms with Crippen molar-refractivity contribution < 1.29 is 13.9 Å². The Bertz CT molecular complexity index is 533. The lowest BCUT2D eigenvalue weighted by atomic mass is 10.0. The number of carbonyl (C=O) groups is 1. The van der Waals surface area contributed by atoms with E-state index in [1.807, 2.05) is 37.3 Å². The van der Waals surface area contributed by atoms with Crippen molar-refractivity contribution in [2.75, 3.05) is 13.7 Å². The molecule has 0 aliphatic rings. The van der Waals surface area contributed by atoms with Crippen LogP contribution in [0.5, 0.6) is 0 Å². The van der Waals surface area contributed by atoms with E-state index in [9.17, 15) is 4.79 Å². The van der Waals surface area contributed by atoms with Crippen molar-refractivity contribution in [3.05, 3.63) is 59.5 Å². The van der Waals surface area contributed by atoms with Gasteiger partial charge in [0.1, 0.15) is 5.76 Å². The Morgan fingerprint density at radius 1 is 1.26 bits per heavy atom. The van der Waals surface area contributed by atoms with Gasteiger partial charge in [-0.25, -0.2) is 4.79 Å². The Morgan fingerprint density at radius 2 is 2.00 bits per heavy atom. The lowest BCUT2D eigenvalue weighted by Crippen LogP contribution is -2.21. The third-order valence-electron chi connectivity index (χ3n) is 2.84. The maximum absolute atomic E-state index is 11.4. The second-order valence-corrected chi connectivity index (χ2v) is 4.09. The molecule has 2 aromatic rings. The minimum absolute atomic E-state index is 0.0652. The Balaban J connectivity index is 2.29. The molecule has 4 nitrogen and oxygen atoms in total. The van der Waals surface area contributed by atoms with Crippen LogP contribution in [0.1, 0.15) is 34.8 Å². The van der Waals surface area contributed by atoms with Crippen molar-refractivity contribution in [2.24, 2.45) is 0 Å². The number of ether oxygens (including phenoxy) is 1. The molecule has 1 aromatic heterocycles. The molecule has 0 spiro atoms. The minimum atomic E-state index is -0.463. The average Bonchev–Trinajstić information content (AvgIpc) is 2.94. The van der Waals surface area contributed by atoms with E-state index in [1.165, 1.54) is 7.11 Å². The molecule has 4 heteroatoms. The summed E-state index contributed by atoms with van der Waals surface area (Å²) in [6, 6.07) is 13.3. The topological polar surface area (TPSA) is 51.5 Å². The summed E-state index contributed by atoms with van der Waals surface area (Å²) in [5.41, 5.74) is 1.09. The van der Waals surface area contributed by atoms with Gasteiger partial charge in [-0.3, -0.25) is 0 Å². The first kappa shape index (κ1) is 13.4. The predicted octanol–water partition coefficient (Wildman–Crippen LogP) is 2.77. The molecule has 0 fully saturated rings. The van der Waals surface area contributed by atoms with Crippen LogP contribution in [0.2, 0.25) is 0 Å². The monoisotopic (exact) mass is 259 g/mol. The fourth-order valence-corrected chi connectivity index (χ4v) is 1.95. The molecular formula is C15H17NO3. The predicted molar refractivity (Wildman–Crippen MR) is 72.0 cm³/mol. The van der Waals surface area contributed by atoms with Crippen LogP contribution < -0.4 is 5.32 Å². The molecule has 0 saturated carbocycles. The molecule has 100 valence electrons. The fraction of sp³-hybridized carbons (Fsp3) is 0.267. The van der Waals surface area contributed by atoms with Crippen LogP contribution in [-0.2, 0) is 4.74 Å². The first-order chi connectivity index (χ1) is 9.26. The molecule has 0 aliphatic heterocycles. The summed E-state index contributed by atoms with van der Waals surface area (Å²) in [6.45, 7) is 2.83. The van der Waals surface area contributed by atoms with Gasteiger partial charge >= 0.3 is 5.97 Å². The van der Waals surface area contributed by atoms with Crippen molar-refractivity contribution in [2.45, 2.75) is 13.0 Å². The van der Waals surface area contributed by atoms with Gasteiger partial charge in [-0.15, -0.1) is 0 Å². The summed E-state index contributed by atoms with van der Waals surface area (Å²) in [7, 11) is 1.34. The molecule has 1 atom stereocenters. The van der Waals surface area contributed by atoms with Crippen LogP contribution in [0.15, 0.2) is 46.9 Å². The maximum atomic E-state index is 11.4. The van der Waals surface area contributed by atoms with Crippen LogP contribution in [0.4, 0.5) is 0 Å². The molecule has 1 aromatic carbocycles. The average molecular weight is 259 g/mol. The largest absolute Gasteiger partial charge is 0.463 e. The highest BCUT2D eigenvalue weighted by atomic mass is 16.5. The molecule has 0 bridgehead atoms. The van der Waals surface area contributed by atoms with Crippen LogP contribution in [-0.4, -0.2) is 19.6 Å². The van der Waals surface area contributed by atoms with Gasteiger partial charge in [0, 0.05) is 0 Å². The number of nitrogens with one attached hydrogen (secondary N) is 1. The molecule has 0 amide bonds. The second kappa shape index (κ2) is 6.20. The lowest BCUT2D eigenvalue weighted by Gasteiger charge is -2.15. The van der Waals surface area contributed by atoms with Gasteiger partial charge in [-0.05, 0) is 24.2 Å². The van der Waals surface area contributed by atoms with Crippen LogP contribution in [0, 0.1) is 0 Å². The number of carbonyl (C=O) groups excluding carboxylic acids is 1. The quantitative estimate of drug-likeness (QED) is 0.839. The van der Waals surface area contributed by atoms with E-state index in [2.05, 4.69) is 10.1 Å². The Labute approximate surface area is 112 Å². The normalized spacial score (nSPS) is 12.1. The van der Waals surface area contributed by atoms with Crippen LogP contribution in [0.25, 0.3) is 0 Å². The van der Waals surface area contributed by atoms with E-state index in [0.29, 0.717) is 5.76 Å². The van der Waals surface area contributed by atoms with E-state index in [1.54, 1.807) is 12.1 Å². The standard InChI is InChI=1S/C15H17NO3/c1-3-16-14(11-7-5-4-6-8-11)12-9-10-13(19-12)15(17)18-2/h4-10,14,16H,3H2,1-2H3. The van der Waals surface area contributed by atoms with Gasteiger partial charge in [-0.2, -0.15) is 0 Å². The Hall–Kier alpha value is -2.07. The molecule has 1 N–H and O–H groups in total. The zero-order chi connectivity index (χ0) is 13.7. The lowest BCUT2D eigenvalue weighted by molar-refractivity contribution is 0.0562. The second-order valence-electron chi connectivity index (χ2n) is 4.09. The molecule has 1 heterocycles. The highest BCUT2D eigenvalue weighted by Gasteiger charge is 2.19. The Morgan fingerprint density at radius 3 is 2.63 bits per heavy atom. The SMILES string of the molecule is CCNC(c1ccccc1)c1ccc(C(=O)OC)o1. The number of benzene rings is 1. The number of methoxy groups -OCH3 is 1. The summed E-state index contributed by atoms with van der Waals surface area (Å²) in [6.07, 6.45) is 0. The fourth-order valence-electron chi connectivity index (χ4n) is 1.95. The zero-order valence-corrected chi connectivity index (χ0v) is 11.1. The van der Waals surface area contributed by atoms with E-state index < -0.39 is 5.97 Å². The summed E-state index contributed by atoms with van der Waals surface area (Å²) in [5, 5.41) is 3.34. The van der Waals surface area contributed by atoms with E-state index in [-0.39, 0.29) is 11.8 Å². The van der Waals surface area contributed by atoms with Crippen molar-refractivity contribution in [1.82, 2.24) is 5.32 Å². The van der Waals surface area contributed by atoms with Crippen LogP contribution in [0.3, 0.4) is 0 Å². The van der Waals surface area contributed by atoms with E-state index in [4.69, 9.17) is 4.42 Å². The van der Waals surface area contributed by atoms with Gasteiger partial charge in [0.25, 0.3) is 0 Å². The third kappa shape index (κ3) is 3.03. The highest BCUT2D eigenvalue weighted by Crippen LogP contribution is 2.24. The third-order valence-corrected chi connectivity index (χ3v) is 2.84. The summed E-state index contributed by atoms with van der Waals surface area (Å²) in [5.74, 6) is 0.458. The molecule has 0 saturated heterocycles. The van der Waals surface area contributed by atoms with Gasteiger partial charge < -0.3 is 14.5 Å².